The zero-order valence-electron chi connectivity index (χ0n) is 22.2. The van der Waals surface area contributed by atoms with Gasteiger partial charge in [0.05, 0.1) is 27.3 Å². The number of aromatic nitrogens is 2. The zero-order chi connectivity index (χ0) is 29.2. The summed E-state index contributed by atoms with van der Waals surface area (Å²) in [5, 5.41) is 7.06. The molecule has 0 aliphatic rings. The van der Waals surface area contributed by atoms with Crippen LogP contribution in [0.25, 0.3) is 33.5 Å². The van der Waals surface area contributed by atoms with Crippen LogP contribution in [0.5, 0.6) is 11.5 Å². The Balaban J connectivity index is 1.40. The Bertz CT molecular complexity index is 2020. The Hall–Kier alpha value is -3.86. The number of hydrogen-bond acceptors (Lipinski definition) is 6. The Morgan fingerprint density at radius 3 is 2.57 bits per heavy atom. The largest absolute Gasteiger partial charge is 0.490 e. The number of benzene rings is 4. The molecule has 0 bridgehead atoms. The highest BCUT2D eigenvalue weighted by Gasteiger charge is 2.17. The minimum absolute atomic E-state index is 0.268. The molecule has 6 aromatic rings. The molecule has 0 saturated carbocycles. The van der Waals surface area contributed by atoms with Crippen molar-refractivity contribution in [3.05, 3.63) is 120 Å². The molecule has 42 heavy (non-hydrogen) atoms. The van der Waals surface area contributed by atoms with Crippen LogP contribution in [0.4, 0.5) is 0 Å². The highest BCUT2D eigenvalue weighted by molar-refractivity contribution is 14.1. The van der Waals surface area contributed by atoms with Gasteiger partial charge in [0.15, 0.2) is 17.3 Å². The molecule has 2 heterocycles. The Morgan fingerprint density at radius 1 is 0.976 bits per heavy atom. The number of fused-ring (bicyclic) bond motifs is 2. The number of para-hydroxylation sites is 1. The minimum atomic E-state index is -0.326. The number of furan rings is 1. The first-order valence-corrected chi connectivity index (χ1v) is 14.8. The highest BCUT2D eigenvalue weighted by atomic mass is 127. The van der Waals surface area contributed by atoms with Gasteiger partial charge in [-0.3, -0.25) is 4.79 Å². The molecule has 7 nitrogen and oxygen atoms in total. The van der Waals surface area contributed by atoms with Gasteiger partial charge in [0.1, 0.15) is 12.2 Å². The molecule has 0 saturated heterocycles. The third kappa shape index (κ3) is 5.88. The molecular formula is C32H22Cl2IN3O4. The molecule has 0 aliphatic heterocycles. The van der Waals surface area contributed by atoms with Gasteiger partial charge >= 0.3 is 0 Å². The van der Waals surface area contributed by atoms with Crippen molar-refractivity contribution >= 4 is 73.9 Å². The summed E-state index contributed by atoms with van der Waals surface area (Å²) in [5.41, 5.74) is 2.53. The maximum absolute atomic E-state index is 13.6. The van der Waals surface area contributed by atoms with Crippen LogP contribution in [0, 0.1) is 3.57 Å². The molecule has 0 atom stereocenters. The first kappa shape index (κ1) is 28.3. The maximum atomic E-state index is 13.6. The molecule has 2 aromatic heterocycles. The lowest BCUT2D eigenvalue weighted by atomic mass is 10.2. The van der Waals surface area contributed by atoms with E-state index < -0.39 is 0 Å². The fourth-order valence-corrected chi connectivity index (χ4v) is 5.53. The summed E-state index contributed by atoms with van der Waals surface area (Å²) in [6.07, 6.45) is 1.59. The summed E-state index contributed by atoms with van der Waals surface area (Å²) in [7, 11) is 0. The van der Waals surface area contributed by atoms with Crippen molar-refractivity contribution in [3.8, 4) is 23.1 Å². The van der Waals surface area contributed by atoms with Gasteiger partial charge in [-0.2, -0.15) is 9.78 Å². The lowest BCUT2D eigenvalue weighted by molar-refractivity contribution is 0.267. The SMILES string of the molecule is CCOc1cc(C=Nn2c(-c3cc4cc(Cl)ccc4o3)nc3ccccc3c2=O)cc(I)c1OCc1ccc(Cl)cc1. The number of hydrogen-bond donors (Lipinski definition) is 0. The van der Waals surface area contributed by atoms with E-state index in [4.69, 9.17) is 42.1 Å². The van der Waals surface area contributed by atoms with E-state index in [0.29, 0.717) is 62.6 Å². The van der Waals surface area contributed by atoms with E-state index in [9.17, 15) is 4.79 Å². The minimum Gasteiger partial charge on any atom is -0.490 e. The van der Waals surface area contributed by atoms with Crippen LogP contribution in [0.1, 0.15) is 18.1 Å². The lowest BCUT2D eigenvalue weighted by Crippen LogP contribution is -2.20. The third-order valence-electron chi connectivity index (χ3n) is 6.40. The average Bonchev–Trinajstić information content (AvgIpc) is 3.40. The topological polar surface area (TPSA) is 78.9 Å². The molecule has 0 radical (unpaired) electrons. The van der Waals surface area contributed by atoms with E-state index in [2.05, 4.69) is 27.7 Å². The van der Waals surface area contributed by atoms with E-state index in [1.807, 2.05) is 49.4 Å². The highest BCUT2D eigenvalue weighted by Crippen LogP contribution is 2.35. The van der Waals surface area contributed by atoms with Gasteiger partial charge in [-0.25, -0.2) is 4.98 Å². The molecule has 0 unspecified atom stereocenters. The Kier molecular flexibility index (Phi) is 8.19. The molecular weight excluding hydrogens is 688 g/mol. The average molecular weight is 710 g/mol. The van der Waals surface area contributed by atoms with Gasteiger partial charge in [-0.1, -0.05) is 47.5 Å². The van der Waals surface area contributed by atoms with Crippen LogP contribution in [0.15, 0.2) is 99.2 Å². The standard InChI is InChI=1S/C32H22Cl2IN3O4/c1-2-40-28-14-20(13-25(35)30(28)41-18-19-7-9-22(33)10-8-19)17-36-38-31(37-26-6-4-3-5-24(26)32(38)39)29-16-21-15-23(34)11-12-27(21)42-29/h3-17H,2,18H2,1H3. The van der Waals surface area contributed by atoms with E-state index in [1.165, 1.54) is 4.68 Å². The van der Waals surface area contributed by atoms with Gasteiger partial charge in [0, 0.05) is 15.4 Å². The van der Waals surface area contributed by atoms with Crippen molar-refractivity contribution in [2.24, 2.45) is 5.10 Å². The molecule has 10 heteroatoms. The van der Waals surface area contributed by atoms with Crippen LogP contribution in [0.3, 0.4) is 0 Å². The number of halogens is 3. The molecule has 210 valence electrons. The van der Waals surface area contributed by atoms with Crippen molar-refractivity contribution < 1.29 is 13.9 Å². The van der Waals surface area contributed by atoms with E-state index in [0.717, 1.165) is 14.5 Å². The van der Waals surface area contributed by atoms with Crippen molar-refractivity contribution in [2.45, 2.75) is 13.5 Å². The Morgan fingerprint density at radius 2 is 1.76 bits per heavy atom. The van der Waals surface area contributed by atoms with Gasteiger partial charge in [0.2, 0.25) is 5.82 Å². The predicted octanol–water partition coefficient (Wildman–Crippen LogP) is 8.58. The summed E-state index contributed by atoms with van der Waals surface area (Å²) in [4.78, 5) is 18.4. The van der Waals surface area contributed by atoms with E-state index in [-0.39, 0.29) is 11.4 Å². The second kappa shape index (κ2) is 12.2. The van der Waals surface area contributed by atoms with Crippen LogP contribution in [-0.4, -0.2) is 22.5 Å². The summed E-state index contributed by atoms with van der Waals surface area (Å²) < 4.78 is 20.2. The second-order valence-corrected chi connectivity index (χ2v) is 11.3. The monoisotopic (exact) mass is 709 g/mol. The van der Waals surface area contributed by atoms with Crippen molar-refractivity contribution in [2.75, 3.05) is 6.61 Å². The van der Waals surface area contributed by atoms with Gasteiger partial charge < -0.3 is 13.9 Å². The third-order valence-corrected chi connectivity index (χ3v) is 7.69. The molecule has 6 rings (SSSR count). The van der Waals surface area contributed by atoms with Crippen LogP contribution in [0.2, 0.25) is 10.0 Å². The zero-order valence-corrected chi connectivity index (χ0v) is 25.9. The molecule has 0 amide bonds. The lowest BCUT2D eigenvalue weighted by Gasteiger charge is -2.15. The van der Waals surface area contributed by atoms with Crippen molar-refractivity contribution in [3.63, 3.8) is 0 Å². The number of rotatable bonds is 8. The number of ether oxygens (including phenoxy) is 2. The summed E-state index contributed by atoms with van der Waals surface area (Å²) in [6.45, 7) is 2.71. The predicted molar refractivity (Wildman–Crippen MR) is 175 cm³/mol. The fraction of sp³-hybridized carbons (Fsp3) is 0.0938. The number of nitrogens with zero attached hydrogens (tertiary/aromatic N) is 3. The van der Waals surface area contributed by atoms with Crippen LogP contribution in [-0.2, 0) is 6.61 Å². The fourth-order valence-electron chi connectivity index (χ4n) is 4.44. The first-order valence-electron chi connectivity index (χ1n) is 13.0. The van der Waals surface area contributed by atoms with Crippen molar-refractivity contribution in [1.29, 1.82) is 0 Å². The van der Waals surface area contributed by atoms with E-state index in [1.54, 1.807) is 48.7 Å². The second-order valence-electron chi connectivity index (χ2n) is 9.29. The summed E-state index contributed by atoms with van der Waals surface area (Å²) in [6, 6.07) is 25.5. The first-order chi connectivity index (χ1) is 20.4. The molecule has 0 N–H and O–H groups in total. The smallest absolute Gasteiger partial charge is 0.282 e. The quantitative estimate of drug-likeness (QED) is 0.117. The van der Waals surface area contributed by atoms with Crippen LogP contribution >= 0.6 is 45.8 Å². The maximum Gasteiger partial charge on any atom is 0.282 e. The summed E-state index contributed by atoms with van der Waals surface area (Å²) >= 11 is 14.4. The molecule has 4 aromatic carbocycles. The van der Waals surface area contributed by atoms with Gasteiger partial charge in [-0.15, -0.1) is 0 Å². The molecule has 0 spiro atoms. The summed E-state index contributed by atoms with van der Waals surface area (Å²) in [5.74, 6) is 1.85. The molecule has 0 fully saturated rings. The van der Waals surface area contributed by atoms with E-state index >= 15 is 0 Å². The Labute approximate surface area is 264 Å². The van der Waals surface area contributed by atoms with Gasteiger partial charge in [-0.05, 0) is 101 Å². The molecule has 0 aliphatic carbocycles. The van der Waals surface area contributed by atoms with Gasteiger partial charge in [0.25, 0.3) is 5.56 Å². The van der Waals surface area contributed by atoms with Crippen molar-refractivity contribution in [1.82, 2.24) is 9.66 Å². The van der Waals surface area contributed by atoms with Crippen LogP contribution < -0.4 is 15.0 Å². The normalized spacial score (nSPS) is 11.5.